The predicted octanol–water partition coefficient (Wildman–Crippen LogP) is -0.152. The van der Waals surface area contributed by atoms with Gasteiger partial charge < -0.3 is 16.1 Å². The highest BCUT2D eigenvalue weighted by molar-refractivity contribution is 6.27. The molecule has 0 radical (unpaired) electrons. The Hall–Kier alpha value is -3.43. The zero-order valence-electron chi connectivity index (χ0n) is 20.3. The first-order chi connectivity index (χ1) is 16.3. The Bertz CT molecular complexity index is 986. The summed E-state index contributed by atoms with van der Waals surface area (Å²) in [5.41, 5.74) is 1.62. The zero-order chi connectivity index (χ0) is 24.7. The first kappa shape index (κ1) is 25.2. The topological polar surface area (TPSA) is 140 Å². The molecule has 182 valence electrons. The van der Waals surface area contributed by atoms with E-state index in [2.05, 4.69) is 42.5 Å². The molecule has 34 heavy (non-hydrogen) atoms. The van der Waals surface area contributed by atoms with Gasteiger partial charge in [-0.3, -0.25) is 9.59 Å². The Kier molecular flexibility index (Phi) is 8.61. The van der Waals surface area contributed by atoms with Gasteiger partial charge >= 0.3 is 0 Å². The van der Waals surface area contributed by atoms with Crippen LogP contribution in [0.1, 0.15) is 58.7 Å². The molecule has 4 N–H and O–H groups in total. The van der Waals surface area contributed by atoms with E-state index in [1.807, 2.05) is 26.8 Å². The number of allylic oxidation sites excluding steroid dienone is 2. The van der Waals surface area contributed by atoms with Crippen LogP contribution in [0.3, 0.4) is 0 Å². The van der Waals surface area contributed by atoms with Gasteiger partial charge in [-0.25, -0.2) is 19.9 Å². The fourth-order valence-electron chi connectivity index (χ4n) is 4.26. The third-order valence-corrected chi connectivity index (χ3v) is 6.28. The smallest absolute Gasteiger partial charge is 0.292 e. The van der Waals surface area contributed by atoms with E-state index in [0.29, 0.717) is 18.7 Å². The first-order valence-corrected chi connectivity index (χ1v) is 11.8. The molecule has 0 saturated carbocycles. The lowest BCUT2D eigenvalue weighted by atomic mass is 9.93. The van der Waals surface area contributed by atoms with E-state index < -0.39 is 12.1 Å². The number of carbonyl (C=O) groups excluding carboxylic acids is 2. The van der Waals surface area contributed by atoms with Gasteiger partial charge in [0.1, 0.15) is 30.2 Å². The number of nitrogens with one attached hydrogen (secondary N) is 2. The third-order valence-electron chi connectivity index (χ3n) is 6.28. The first-order valence-electron chi connectivity index (χ1n) is 11.8. The number of rotatable bonds is 8. The van der Waals surface area contributed by atoms with Crippen molar-refractivity contribution in [3.05, 3.63) is 42.3 Å². The highest BCUT2D eigenvalue weighted by Gasteiger charge is 2.40. The largest absolute Gasteiger partial charge is 0.348 e. The van der Waals surface area contributed by atoms with Crippen LogP contribution in [0.2, 0.25) is 0 Å². The fraction of sp³-hybridized carbons (Fsp3) is 0.542. The SMILES string of the molecule is C/C(C=[NH+][C@H](C(=O)N1CCC[C@H]1C(=O)N[C@@H](C)C1=CCC(c2ncncn2)C=C1)C(C)C)=N/N. The van der Waals surface area contributed by atoms with Crippen molar-refractivity contribution in [2.75, 3.05) is 6.54 Å². The molecule has 10 nitrogen and oxygen atoms in total. The van der Waals surface area contributed by atoms with Crippen LogP contribution in [0.15, 0.2) is 41.6 Å². The normalized spacial score (nSPS) is 22.7. The highest BCUT2D eigenvalue weighted by Crippen LogP contribution is 2.25. The molecule has 2 amide bonds. The van der Waals surface area contributed by atoms with Crippen molar-refractivity contribution in [2.24, 2.45) is 16.9 Å². The van der Waals surface area contributed by atoms with Crippen LogP contribution in [0, 0.1) is 5.92 Å². The molecule has 1 aromatic heterocycles. The van der Waals surface area contributed by atoms with Crippen molar-refractivity contribution in [1.82, 2.24) is 25.2 Å². The molecule has 1 aliphatic heterocycles. The van der Waals surface area contributed by atoms with Crippen LogP contribution >= 0.6 is 0 Å². The average molecular weight is 468 g/mol. The van der Waals surface area contributed by atoms with Crippen molar-refractivity contribution in [3.63, 3.8) is 0 Å². The molecular weight excluding hydrogens is 432 g/mol. The summed E-state index contributed by atoms with van der Waals surface area (Å²) in [5, 5.41) is 6.71. The maximum atomic E-state index is 13.3. The molecule has 1 aliphatic carbocycles. The van der Waals surface area contributed by atoms with Crippen molar-refractivity contribution in [1.29, 1.82) is 0 Å². The minimum atomic E-state index is -0.478. The quantitative estimate of drug-likeness (QED) is 0.276. The van der Waals surface area contributed by atoms with Gasteiger partial charge in [0.15, 0.2) is 6.21 Å². The van der Waals surface area contributed by atoms with Gasteiger partial charge in [0.05, 0.1) is 6.04 Å². The minimum absolute atomic E-state index is 0.0346. The zero-order valence-corrected chi connectivity index (χ0v) is 20.3. The molecule has 0 aromatic carbocycles. The number of aromatic nitrogens is 3. The lowest BCUT2D eigenvalue weighted by molar-refractivity contribution is -0.491. The Balaban J connectivity index is 1.62. The maximum Gasteiger partial charge on any atom is 0.292 e. The number of hydrogen-bond acceptors (Lipinski definition) is 7. The van der Waals surface area contributed by atoms with Crippen LogP contribution in [-0.2, 0) is 9.59 Å². The van der Waals surface area contributed by atoms with Crippen molar-refractivity contribution >= 4 is 23.7 Å². The van der Waals surface area contributed by atoms with E-state index in [0.717, 1.165) is 24.2 Å². The fourth-order valence-corrected chi connectivity index (χ4v) is 4.26. The van der Waals surface area contributed by atoms with Gasteiger partial charge in [-0.05, 0) is 38.7 Å². The molecule has 1 fully saturated rings. The van der Waals surface area contributed by atoms with Crippen molar-refractivity contribution < 1.29 is 14.6 Å². The number of carbonyl (C=O) groups is 2. The molecule has 10 heteroatoms. The summed E-state index contributed by atoms with van der Waals surface area (Å²) in [6, 6.07) is -1.11. The molecule has 1 aromatic rings. The van der Waals surface area contributed by atoms with Crippen molar-refractivity contribution in [2.45, 2.75) is 71.0 Å². The molecule has 3 rings (SSSR count). The van der Waals surface area contributed by atoms with Crippen LogP contribution in [0.25, 0.3) is 0 Å². The van der Waals surface area contributed by atoms with E-state index in [1.165, 1.54) is 12.7 Å². The number of amides is 2. The maximum absolute atomic E-state index is 13.3. The predicted molar refractivity (Wildman–Crippen MR) is 130 cm³/mol. The van der Waals surface area contributed by atoms with Crippen LogP contribution in [-0.4, -0.2) is 68.3 Å². The van der Waals surface area contributed by atoms with Gasteiger partial charge in [-0.15, -0.1) is 0 Å². The summed E-state index contributed by atoms with van der Waals surface area (Å²) in [6.07, 6.45) is 13.0. The number of hydrogen-bond donors (Lipinski definition) is 3. The van der Waals surface area contributed by atoms with Gasteiger partial charge in [-0.2, -0.15) is 5.10 Å². The molecular formula is C24H35N8O2+. The average Bonchev–Trinajstić information content (AvgIpc) is 3.34. The second kappa shape index (κ2) is 11.6. The number of likely N-dealkylation sites (tertiary alicyclic amines) is 1. The Morgan fingerprint density at radius 1 is 1.29 bits per heavy atom. The second-order valence-corrected chi connectivity index (χ2v) is 9.12. The summed E-state index contributed by atoms with van der Waals surface area (Å²) >= 11 is 0. The van der Waals surface area contributed by atoms with E-state index in [9.17, 15) is 9.59 Å². The summed E-state index contributed by atoms with van der Waals surface area (Å²) in [4.78, 5) is 43.6. The number of nitrogens with two attached hydrogens (primary N) is 1. The van der Waals surface area contributed by atoms with E-state index in [1.54, 1.807) is 18.0 Å². The molecule has 4 atom stereocenters. The number of nitrogens with zero attached hydrogens (tertiary/aromatic N) is 5. The number of hydrazone groups is 1. The molecule has 1 saturated heterocycles. The second-order valence-electron chi connectivity index (χ2n) is 9.12. The summed E-state index contributed by atoms with van der Waals surface area (Å²) in [5.74, 6) is 5.95. The van der Waals surface area contributed by atoms with E-state index in [-0.39, 0.29) is 29.7 Å². The van der Waals surface area contributed by atoms with Crippen LogP contribution in [0.5, 0.6) is 0 Å². The van der Waals surface area contributed by atoms with Gasteiger partial charge in [0.25, 0.3) is 5.91 Å². The standard InChI is InChI=1S/C24H34N8O2/c1-15(2)21(27-12-16(3)31-25)24(34)32-11-5-6-20(32)23(33)30-17(4)18-7-9-19(10-8-18)22-28-13-26-14-29-22/h7-9,12-15,17,19-21H,5-6,10-11,25H2,1-4H3,(H,30,33)/p+1/b27-12?,31-16-/t17-,19?,20-,21-/m0/s1. The third kappa shape index (κ3) is 6.12. The van der Waals surface area contributed by atoms with Gasteiger partial charge in [-0.1, -0.05) is 32.1 Å². The van der Waals surface area contributed by atoms with Gasteiger partial charge in [0, 0.05) is 18.4 Å². The molecule has 0 bridgehead atoms. The molecule has 1 unspecified atom stereocenters. The molecule has 0 spiro atoms. The lowest BCUT2D eigenvalue weighted by Gasteiger charge is -2.28. The summed E-state index contributed by atoms with van der Waals surface area (Å²) in [6.45, 7) is 8.22. The molecule has 2 heterocycles. The van der Waals surface area contributed by atoms with Crippen LogP contribution < -0.4 is 16.2 Å². The Morgan fingerprint density at radius 3 is 2.65 bits per heavy atom. The van der Waals surface area contributed by atoms with Crippen LogP contribution in [0.4, 0.5) is 0 Å². The van der Waals surface area contributed by atoms with Crippen molar-refractivity contribution in [3.8, 4) is 0 Å². The minimum Gasteiger partial charge on any atom is -0.348 e. The Morgan fingerprint density at radius 2 is 2.03 bits per heavy atom. The monoisotopic (exact) mass is 467 g/mol. The highest BCUT2D eigenvalue weighted by atomic mass is 16.2. The summed E-state index contributed by atoms with van der Waals surface area (Å²) in [7, 11) is 0. The lowest BCUT2D eigenvalue weighted by Crippen LogP contribution is -2.83. The molecule has 2 aliphatic rings. The Labute approximate surface area is 200 Å². The van der Waals surface area contributed by atoms with Gasteiger partial charge in [0.2, 0.25) is 11.9 Å². The van der Waals surface area contributed by atoms with E-state index >= 15 is 0 Å². The summed E-state index contributed by atoms with van der Waals surface area (Å²) < 4.78 is 0. The van der Waals surface area contributed by atoms with E-state index in [4.69, 9.17) is 5.84 Å².